The zero-order chi connectivity index (χ0) is 36.7. The van der Waals surface area contributed by atoms with Crippen molar-refractivity contribution in [1.82, 2.24) is 14.5 Å². The molecule has 0 saturated heterocycles. The molecule has 0 aliphatic rings. The number of nitrogens with one attached hydrogen (secondary N) is 2. The highest BCUT2D eigenvalue weighted by Crippen LogP contribution is 2.29. The topological polar surface area (TPSA) is 107 Å². The molecule has 10 heteroatoms. The predicted molar refractivity (Wildman–Crippen MR) is 211 cm³/mol. The zero-order valence-corrected chi connectivity index (χ0v) is 30.4. The van der Waals surface area contributed by atoms with Crippen LogP contribution in [-0.4, -0.2) is 52.6 Å². The van der Waals surface area contributed by atoms with Gasteiger partial charge < -0.3 is 34.3 Å². The molecule has 53 heavy (non-hydrogen) atoms. The largest absolute Gasteiger partial charge is 0.497 e. The molecule has 2 heterocycles. The lowest BCUT2D eigenvalue weighted by Gasteiger charge is -2.13. The van der Waals surface area contributed by atoms with E-state index in [1.165, 1.54) is 0 Å². The van der Waals surface area contributed by atoms with Gasteiger partial charge in [-0.05, 0) is 107 Å². The quantitative estimate of drug-likeness (QED) is 0.0983. The first-order valence-electron chi connectivity index (χ1n) is 17.3. The highest BCUT2D eigenvalue weighted by Gasteiger charge is 2.13. The van der Waals surface area contributed by atoms with Crippen molar-refractivity contribution in [3.8, 4) is 11.5 Å². The Labute approximate surface area is 312 Å². The number of nitrogens with zero attached hydrogens (tertiary/aromatic N) is 2. The number of amides is 2. The van der Waals surface area contributed by atoms with E-state index in [0.717, 1.165) is 60.6 Å². The number of carbonyl (C=O) groups is 2. The number of aliphatic hydroxyl groups is 1. The van der Waals surface area contributed by atoms with Crippen LogP contribution in [0, 0.1) is 0 Å². The van der Waals surface area contributed by atoms with Crippen LogP contribution in [0.3, 0.4) is 0 Å². The molecule has 268 valence electrons. The number of anilines is 1. The van der Waals surface area contributed by atoms with Gasteiger partial charge in [0.05, 0.1) is 19.4 Å². The SMILES string of the molecule is COc1ccc(Cn2ccc3ccc(C(=O)Nc4ccc(COc5ccc(Cn6ccc7ccc(C(=O)NCCO)cc76)cc5)cc4SC)cc32)cc1. The molecule has 0 fully saturated rings. The van der Waals surface area contributed by atoms with E-state index >= 15 is 0 Å². The van der Waals surface area contributed by atoms with Crippen LogP contribution in [0.4, 0.5) is 5.69 Å². The van der Waals surface area contributed by atoms with Gasteiger partial charge in [-0.1, -0.05) is 42.5 Å². The maximum absolute atomic E-state index is 13.5. The van der Waals surface area contributed by atoms with Crippen LogP contribution < -0.4 is 20.1 Å². The number of fused-ring (bicyclic) bond motifs is 2. The van der Waals surface area contributed by atoms with Crippen LogP contribution in [0.2, 0.25) is 0 Å². The lowest BCUT2D eigenvalue weighted by atomic mass is 10.1. The first kappa shape index (κ1) is 35.4. The molecule has 7 rings (SSSR count). The third-order valence-electron chi connectivity index (χ3n) is 9.18. The Kier molecular flexibility index (Phi) is 10.8. The van der Waals surface area contributed by atoms with Gasteiger partial charge in [-0.3, -0.25) is 9.59 Å². The number of methoxy groups -OCH3 is 1. The molecule has 0 spiro atoms. The van der Waals surface area contributed by atoms with Gasteiger partial charge in [-0.15, -0.1) is 11.8 Å². The highest BCUT2D eigenvalue weighted by atomic mass is 32.2. The Hall–Kier alpha value is -5.97. The molecule has 2 amide bonds. The van der Waals surface area contributed by atoms with Crippen LogP contribution in [0.15, 0.2) is 133 Å². The molecule has 2 aromatic heterocycles. The maximum atomic E-state index is 13.5. The predicted octanol–water partition coefficient (Wildman–Crippen LogP) is 7.98. The normalized spacial score (nSPS) is 11.2. The summed E-state index contributed by atoms with van der Waals surface area (Å²) in [6.45, 7) is 1.82. The molecule has 0 bridgehead atoms. The average molecular weight is 725 g/mol. The minimum Gasteiger partial charge on any atom is -0.497 e. The number of benzene rings is 5. The summed E-state index contributed by atoms with van der Waals surface area (Å²) in [5.74, 6) is 1.20. The fourth-order valence-electron chi connectivity index (χ4n) is 6.30. The van der Waals surface area contributed by atoms with Crippen molar-refractivity contribution in [3.05, 3.63) is 155 Å². The second kappa shape index (κ2) is 16.1. The van der Waals surface area contributed by atoms with Crippen molar-refractivity contribution in [3.63, 3.8) is 0 Å². The molecule has 5 aromatic carbocycles. The standard InChI is InChI=1S/C43H40N4O5S/c1-51-36-12-3-29(4-13-36)26-47-21-18-33-9-11-35(25-40(33)47)43(50)45-38-16-7-31(23-41(38)53-2)28-52-37-14-5-30(6-15-37)27-46-20-17-32-8-10-34(24-39(32)46)42(49)44-19-22-48/h3-18,20-21,23-25,48H,19,22,26-28H2,1-2H3,(H,44,49)(H,45,50). The number of rotatable bonds is 14. The molecule has 9 nitrogen and oxygen atoms in total. The van der Waals surface area contributed by atoms with Crippen molar-refractivity contribution >= 4 is 51.1 Å². The summed E-state index contributed by atoms with van der Waals surface area (Å²) in [6.07, 6.45) is 6.06. The van der Waals surface area contributed by atoms with Gasteiger partial charge in [0, 0.05) is 59.1 Å². The first-order chi connectivity index (χ1) is 25.9. The van der Waals surface area contributed by atoms with Crippen LogP contribution in [-0.2, 0) is 19.7 Å². The molecule has 0 unspecified atom stereocenters. The van der Waals surface area contributed by atoms with Crippen molar-refractivity contribution in [1.29, 1.82) is 0 Å². The summed E-state index contributed by atoms with van der Waals surface area (Å²) in [5.41, 5.74) is 7.08. The lowest BCUT2D eigenvalue weighted by Crippen LogP contribution is -2.26. The van der Waals surface area contributed by atoms with Gasteiger partial charge >= 0.3 is 0 Å². The van der Waals surface area contributed by atoms with E-state index in [4.69, 9.17) is 14.6 Å². The molecule has 0 saturated carbocycles. The third-order valence-corrected chi connectivity index (χ3v) is 9.96. The lowest BCUT2D eigenvalue weighted by molar-refractivity contribution is 0.0944. The molecule has 7 aromatic rings. The first-order valence-corrected chi connectivity index (χ1v) is 18.5. The summed E-state index contributed by atoms with van der Waals surface area (Å²) in [4.78, 5) is 26.8. The summed E-state index contributed by atoms with van der Waals surface area (Å²) < 4.78 is 15.7. The minimum atomic E-state index is -0.207. The van der Waals surface area contributed by atoms with Gasteiger partial charge in [-0.2, -0.15) is 0 Å². The van der Waals surface area contributed by atoms with Gasteiger partial charge in [0.1, 0.15) is 18.1 Å². The number of thioether (sulfide) groups is 1. The van der Waals surface area contributed by atoms with E-state index in [1.807, 2.05) is 122 Å². The zero-order valence-electron chi connectivity index (χ0n) is 29.5. The van der Waals surface area contributed by atoms with Crippen LogP contribution in [0.25, 0.3) is 21.8 Å². The second-order valence-electron chi connectivity index (χ2n) is 12.7. The number of hydrogen-bond donors (Lipinski definition) is 3. The smallest absolute Gasteiger partial charge is 0.255 e. The summed E-state index contributed by atoms with van der Waals surface area (Å²) in [7, 11) is 1.66. The summed E-state index contributed by atoms with van der Waals surface area (Å²) in [6, 6.07) is 37.5. The molecule has 3 N–H and O–H groups in total. The van der Waals surface area contributed by atoms with E-state index in [2.05, 4.69) is 25.8 Å². The summed E-state index contributed by atoms with van der Waals surface area (Å²) >= 11 is 1.57. The van der Waals surface area contributed by atoms with Crippen molar-refractivity contribution in [2.75, 3.05) is 31.8 Å². The number of hydrogen-bond acceptors (Lipinski definition) is 6. The molecule has 0 aliphatic carbocycles. The van der Waals surface area contributed by atoms with Crippen LogP contribution >= 0.6 is 11.8 Å². The Morgan fingerprint density at radius 1 is 0.679 bits per heavy atom. The van der Waals surface area contributed by atoms with Crippen molar-refractivity contribution in [2.24, 2.45) is 0 Å². The number of aliphatic hydroxyl groups excluding tert-OH is 1. The summed E-state index contributed by atoms with van der Waals surface area (Å²) in [5, 5.41) is 17.0. The molecular weight excluding hydrogens is 685 g/mol. The monoisotopic (exact) mass is 724 g/mol. The van der Waals surface area contributed by atoms with Gasteiger partial charge in [0.2, 0.25) is 0 Å². The highest BCUT2D eigenvalue weighted by molar-refractivity contribution is 7.98. The second-order valence-corrected chi connectivity index (χ2v) is 13.5. The molecule has 0 atom stereocenters. The molecule has 0 aliphatic heterocycles. The Balaban J connectivity index is 0.969. The van der Waals surface area contributed by atoms with Crippen molar-refractivity contribution in [2.45, 2.75) is 24.6 Å². The molecular formula is C43H40N4O5S. The van der Waals surface area contributed by atoms with E-state index in [9.17, 15) is 9.59 Å². The maximum Gasteiger partial charge on any atom is 0.255 e. The van der Waals surface area contributed by atoms with Gasteiger partial charge in [0.15, 0.2) is 0 Å². The van der Waals surface area contributed by atoms with E-state index in [-0.39, 0.29) is 25.0 Å². The number of ether oxygens (including phenoxy) is 2. The number of carbonyl (C=O) groups excluding carboxylic acids is 2. The fraction of sp³-hybridized carbons (Fsp3) is 0.163. The molecule has 0 radical (unpaired) electrons. The van der Waals surface area contributed by atoms with Gasteiger partial charge in [-0.25, -0.2) is 0 Å². The fourth-order valence-corrected chi connectivity index (χ4v) is 6.91. The van der Waals surface area contributed by atoms with E-state index < -0.39 is 0 Å². The van der Waals surface area contributed by atoms with Crippen LogP contribution in [0.1, 0.15) is 37.4 Å². The minimum absolute atomic E-state index is 0.0998. The number of aromatic nitrogens is 2. The Bertz CT molecular complexity index is 2380. The van der Waals surface area contributed by atoms with Crippen molar-refractivity contribution < 1.29 is 24.2 Å². The average Bonchev–Trinajstić information content (AvgIpc) is 3.80. The van der Waals surface area contributed by atoms with Crippen LogP contribution in [0.5, 0.6) is 11.5 Å². The Morgan fingerprint density at radius 3 is 1.81 bits per heavy atom. The van der Waals surface area contributed by atoms with E-state index in [1.54, 1.807) is 24.9 Å². The Morgan fingerprint density at radius 2 is 1.25 bits per heavy atom. The van der Waals surface area contributed by atoms with Gasteiger partial charge in [0.25, 0.3) is 11.8 Å². The van der Waals surface area contributed by atoms with E-state index in [0.29, 0.717) is 30.8 Å². The third kappa shape index (κ3) is 8.25.